The van der Waals surface area contributed by atoms with Crippen LogP contribution in [0, 0.1) is 0 Å². The largest absolute Gasteiger partial charge is 0.486 e. The van der Waals surface area contributed by atoms with Crippen LogP contribution in [-0.4, -0.2) is 67.3 Å². The van der Waals surface area contributed by atoms with Crippen LogP contribution in [0.1, 0.15) is 30.0 Å². The first-order valence-electron chi connectivity index (χ1n) is 11.6. The van der Waals surface area contributed by atoms with Crippen LogP contribution in [0.25, 0.3) is 22.4 Å². The molecule has 3 aromatic heterocycles. The van der Waals surface area contributed by atoms with E-state index < -0.39 is 0 Å². The molecule has 186 valence electrons. The average Bonchev–Trinajstić information content (AvgIpc) is 3.57. The molecule has 2 aliphatic heterocycles. The van der Waals surface area contributed by atoms with Gasteiger partial charge in [0.15, 0.2) is 5.82 Å². The van der Waals surface area contributed by atoms with Crippen molar-refractivity contribution in [2.24, 2.45) is 0 Å². The van der Waals surface area contributed by atoms with Gasteiger partial charge in [0.25, 0.3) is 0 Å². The number of fused-ring (bicyclic) bond motifs is 2. The summed E-state index contributed by atoms with van der Waals surface area (Å²) in [7, 11) is 0. The SMILES string of the molecule is CC(Oc1ccc2[nH]nc(-c3nc4c([nH]3)CN(C(=O)N3CCOCC3)C4)c2c1)c1c(Cl)cncc1Cl. The lowest BCUT2D eigenvalue weighted by Gasteiger charge is -2.30. The maximum atomic E-state index is 12.8. The summed E-state index contributed by atoms with van der Waals surface area (Å²) in [6.45, 7) is 5.21. The van der Waals surface area contributed by atoms with E-state index in [1.54, 1.807) is 17.3 Å². The van der Waals surface area contributed by atoms with Crippen molar-refractivity contribution in [1.82, 2.24) is 34.9 Å². The van der Waals surface area contributed by atoms with Crippen LogP contribution >= 0.6 is 23.2 Å². The van der Waals surface area contributed by atoms with Gasteiger partial charge in [-0.3, -0.25) is 10.1 Å². The number of nitrogens with zero attached hydrogens (tertiary/aromatic N) is 5. The molecular formula is C24H23Cl2N7O3. The molecule has 0 bridgehead atoms. The molecule has 5 heterocycles. The molecular weight excluding hydrogens is 505 g/mol. The standard InChI is InChI=1S/C24H23Cl2N7O3/c1-13(21-16(25)9-27-10-17(21)26)36-14-2-3-18-15(8-14)22(31-30-18)23-28-19-11-33(12-20(19)29-23)24(34)32-4-6-35-7-5-32/h2-3,8-10,13H,4-7,11-12H2,1H3,(H,28,29)(H,30,31). The number of aromatic nitrogens is 5. The molecule has 2 aliphatic rings. The van der Waals surface area contributed by atoms with Gasteiger partial charge in [-0.1, -0.05) is 23.2 Å². The summed E-state index contributed by atoms with van der Waals surface area (Å²) in [5, 5.41) is 9.30. The molecule has 0 aliphatic carbocycles. The van der Waals surface area contributed by atoms with Crippen molar-refractivity contribution in [3.63, 3.8) is 0 Å². The number of carbonyl (C=O) groups excluding carboxylic acids is 1. The Morgan fingerprint density at radius 3 is 2.67 bits per heavy atom. The Labute approximate surface area is 216 Å². The number of pyridine rings is 1. The summed E-state index contributed by atoms with van der Waals surface area (Å²) < 4.78 is 11.5. The minimum atomic E-state index is -0.386. The fraction of sp³-hybridized carbons (Fsp3) is 0.333. The van der Waals surface area contributed by atoms with Gasteiger partial charge in [-0.2, -0.15) is 5.10 Å². The first kappa shape index (κ1) is 23.1. The molecule has 1 unspecified atom stereocenters. The summed E-state index contributed by atoms with van der Waals surface area (Å²) >= 11 is 12.6. The number of aromatic amines is 2. The van der Waals surface area contributed by atoms with E-state index in [0.29, 0.717) is 72.3 Å². The lowest BCUT2D eigenvalue weighted by molar-refractivity contribution is 0.0428. The summed E-state index contributed by atoms with van der Waals surface area (Å²) in [4.78, 5) is 28.6. The maximum absolute atomic E-state index is 12.8. The first-order valence-corrected chi connectivity index (χ1v) is 12.4. The van der Waals surface area contributed by atoms with Crippen LogP contribution in [-0.2, 0) is 17.8 Å². The van der Waals surface area contributed by atoms with E-state index in [-0.39, 0.29) is 12.1 Å². The summed E-state index contributed by atoms with van der Waals surface area (Å²) in [5.74, 6) is 1.29. The highest BCUT2D eigenvalue weighted by Crippen LogP contribution is 2.35. The van der Waals surface area contributed by atoms with E-state index in [9.17, 15) is 4.79 Å². The third kappa shape index (κ3) is 4.15. The van der Waals surface area contributed by atoms with Gasteiger partial charge in [-0.05, 0) is 25.1 Å². The third-order valence-corrected chi connectivity index (χ3v) is 7.08. The number of benzene rings is 1. The number of morpholine rings is 1. The third-order valence-electron chi connectivity index (χ3n) is 6.47. The number of H-pyrrole nitrogens is 2. The van der Waals surface area contributed by atoms with Gasteiger partial charge in [-0.15, -0.1) is 0 Å². The van der Waals surface area contributed by atoms with E-state index in [1.165, 1.54) is 0 Å². The number of nitrogens with one attached hydrogen (secondary N) is 2. The van der Waals surface area contributed by atoms with Crippen LogP contribution in [0.3, 0.4) is 0 Å². The fourth-order valence-electron chi connectivity index (χ4n) is 4.66. The number of amides is 2. The van der Waals surface area contributed by atoms with Gasteiger partial charge in [0.1, 0.15) is 17.5 Å². The van der Waals surface area contributed by atoms with Crippen LogP contribution < -0.4 is 4.74 Å². The molecule has 1 aromatic carbocycles. The molecule has 0 radical (unpaired) electrons. The van der Waals surface area contributed by atoms with E-state index >= 15 is 0 Å². The number of urea groups is 1. The summed E-state index contributed by atoms with van der Waals surface area (Å²) in [6.07, 6.45) is 2.71. The molecule has 0 saturated carbocycles. The minimum absolute atomic E-state index is 0.0155. The minimum Gasteiger partial charge on any atom is -0.486 e. The molecule has 0 spiro atoms. The number of hydrogen-bond acceptors (Lipinski definition) is 6. The van der Waals surface area contributed by atoms with E-state index in [1.807, 2.05) is 30.0 Å². The monoisotopic (exact) mass is 527 g/mol. The summed E-state index contributed by atoms with van der Waals surface area (Å²) in [5.41, 5.74) is 3.99. The zero-order chi connectivity index (χ0) is 24.8. The number of ether oxygens (including phenoxy) is 2. The Morgan fingerprint density at radius 2 is 1.92 bits per heavy atom. The highest BCUT2D eigenvalue weighted by atomic mass is 35.5. The second-order valence-electron chi connectivity index (χ2n) is 8.81. The Kier molecular flexibility index (Phi) is 5.94. The predicted octanol–water partition coefficient (Wildman–Crippen LogP) is 4.56. The number of imidazole rings is 1. The van der Waals surface area contributed by atoms with E-state index in [4.69, 9.17) is 37.7 Å². The lowest BCUT2D eigenvalue weighted by Crippen LogP contribution is -2.46. The molecule has 4 aromatic rings. The quantitative estimate of drug-likeness (QED) is 0.402. The Morgan fingerprint density at radius 1 is 1.14 bits per heavy atom. The van der Waals surface area contributed by atoms with Gasteiger partial charge >= 0.3 is 6.03 Å². The van der Waals surface area contributed by atoms with E-state index in [0.717, 1.165) is 22.3 Å². The Balaban J connectivity index is 1.22. The van der Waals surface area contributed by atoms with Gasteiger partial charge in [0.2, 0.25) is 0 Å². The smallest absolute Gasteiger partial charge is 0.320 e. The van der Waals surface area contributed by atoms with Crippen molar-refractivity contribution in [3.8, 4) is 17.3 Å². The first-order chi connectivity index (χ1) is 17.5. The molecule has 36 heavy (non-hydrogen) atoms. The molecule has 6 rings (SSSR count). The van der Waals surface area contributed by atoms with Crippen LogP contribution in [0.15, 0.2) is 30.6 Å². The number of rotatable bonds is 4. The highest BCUT2D eigenvalue weighted by Gasteiger charge is 2.31. The van der Waals surface area contributed by atoms with Crippen molar-refractivity contribution in [1.29, 1.82) is 0 Å². The predicted molar refractivity (Wildman–Crippen MR) is 134 cm³/mol. The van der Waals surface area contributed by atoms with Crippen LogP contribution in [0.2, 0.25) is 10.0 Å². The normalized spacial score (nSPS) is 16.4. The van der Waals surface area contributed by atoms with Gasteiger partial charge in [-0.25, -0.2) is 9.78 Å². The topological polar surface area (TPSA) is 112 Å². The summed E-state index contributed by atoms with van der Waals surface area (Å²) in [6, 6.07) is 5.70. The Bertz CT molecular complexity index is 1400. The second kappa shape index (κ2) is 9.27. The van der Waals surface area contributed by atoms with Crippen molar-refractivity contribution >= 4 is 40.1 Å². The highest BCUT2D eigenvalue weighted by molar-refractivity contribution is 6.35. The number of halogens is 2. The van der Waals surface area contributed by atoms with Crippen molar-refractivity contribution < 1.29 is 14.3 Å². The molecule has 10 nitrogen and oxygen atoms in total. The molecule has 1 atom stereocenters. The van der Waals surface area contributed by atoms with Crippen LogP contribution in [0.5, 0.6) is 5.75 Å². The lowest BCUT2D eigenvalue weighted by atomic mass is 10.1. The molecule has 2 N–H and O–H groups in total. The van der Waals surface area contributed by atoms with Crippen LogP contribution in [0.4, 0.5) is 4.79 Å². The van der Waals surface area contributed by atoms with Gasteiger partial charge < -0.3 is 24.3 Å². The maximum Gasteiger partial charge on any atom is 0.320 e. The second-order valence-corrected chi connectivity index (χ2v) is 9.62. The molecule has 2 amide bonds. The average molecular weight is 528 g/mol. The molecule has 1 fully saturated rings. The zero-order valence-corrected chi connectivity index (χ0v) is 20.9. The molecule has 1 saturated heterocycles. The van der Waals surface area contributed by atoms with Crippen molar-refractivity contribution in [3.05, 3.63) is 57.6 Å². The Hall–Kier alpha value is -3.34. The number of hydrogen-bond donors (Lipinski definition) is 2. The van der Waals surface area contributed by atoms with Gasteiger partial charge in [0.05, 0.1) is 53.3 Å². The van der Waals surface area contributed by atoms with Crippen molar-refractivity contribution in [2.75, 3.05) is 26.3 Å². The van der Waals surface area contributed by atoms with Gasteiger partial charge in [0, 0.05) is 36.4 Å². The van der Waals surface area contributed by atoms with Crippen molar-refractivity contribution in [2.45, 2.75) is 26.1 Å². The fourth-order valence-corrected chi connectivity index (χ4v) is 5.33. The van der Waals surface area contributed by atoms with E-state index in [2.05, 4.69) is 20.2 Å². The zero-order valence-electron chi connectivity index (χ0n) is 19.4. The number of carbonyl (C=O) groups is 1. The molecule has 12 heteroatoms.